The van der Waals surface area contributed by atoms with Gasteiger partial charge in [-0.15, -0.1) is 0 Å². The summed E-state index contributed by atoms with van der Waals surface area (Å²) in [6, 6.07) is 0. The van der Waals surface area contributed by atoms with E-state index in [1.807, 2.05) is 13.8 Å². The van der Waals surface area contributed by atoms with Crippen LogP contribution in [0.3, 0.4) is 0 Å². The van der Waals surface area contributed by atoms with Crippen molar-refractivity contribution in [3.8, 4) is 5.06 Å². The highest BCUT2D eigenvalue weighted by atomic mass is 32.1. The average Bonchev–Trinajstić information content (AvgIpc) is 2.16. The fourth-order valence-corrected chi connectivity index (χ4v) is 1.37. The van der Waals surface area contributed by atoms with Gasteiger partial charge in [-0.1, -0.05) is 25.2 Å². The van der Waals surface area contributed by atoms with Gasteiger partial charge in [0.1, 0.15) is 0 Å². The number of thiazole rings is 1. The van der Waals surface area contributed by atoms with Crippen molar-refractivity contribution in [2.75, 3.05) is 0 Å². The van der Waals surface area contributed by atoms with Crippen molar-refractivity contribution in [2.45, 2.75) is 20.8 Å². The summed E-state index contributed by atoms with van der Waals surface area (Å²) in [4.78, 5) is 2.79. The van der Waals surface area contributed by atoms with Gasteiger partial charge in [-0.2, -0.15) is 0 Å². The molecule has 0 bridgehead atoms. The number of aromatic nitrogens is 1. The third-order valence-corrected chi connectivity index (χ3v) is 1.94. The van der Waals surface area contributed by atoms with Crippen molar-refractivity contribution in [2.24, 2.45) is 0 Å². The maximum atomic E-state index is 8.86. The summed E-state index contributed by atoms with van der Waals surface area (Å²) in [5, 5.41) is 9.15. The molecule has 0 atom stereocenters. The number of rotatable bonds is 0. The van der Waals surface area contributed by atoms with Crippen LogP contribution in [0.15, 0.2) is 0 Å². The summed E-state index contributed by atoms with van der Waals surface area (Å²) in [5.41, 5.74) is 0.750. The molecule has 58 valence electrons. The number of hydrogen-bond donors (Lipinski definition) is 2. The molecular formula is C6H11NOS2. The van der Waals surface area contributed by atoms with Gasteiger partial charge in [0.15, 0.2) is 9.02 Å². The number of hydrogen-bond acceptors (Lipinski definition) is 3. The van der Waals surface area contributed by atoms with E-state index in [0.717, 1.165) is 5.69 Å². The highest BCUT2D eigenvalue weighted by molar-refractivity contribution is 7.73. The van der Waals surface area contributed by atoms with Gasteiger partial charge in [-0.05, 0) is 19.1 Å². The molecule has 0 aliphatic rings. The molecule has 0 aliphatic carbocycles. The average molecular weight is 177 g/mol. The molecule has 2 N–H and O–H groups in total. The quantitative estimate of drug-likeness (QED) is 0.598. The van der Waals surface area contributed by atoms with E-state index < -0.39 is 0 Å². The first-order valence-electron chi connectivity index (χ1n) is 3.09. The Hall–Kier alpha value is -0.350. The van der Waals surface area contributed by atoms with E-state index >= 15 is 0 Å². The number of aromatic hydroxyl groups is 1. The normalized spacial score (nSPS) is 8.30. The predicted molar refractivity (Wildman–Crippen MR) is 47.3 cm³/mol. The first kappa shape index (κ1) is 9.65. The van der Waals surface area contributed by atoms with Crippen LogP contribution in [0.4, 0.5) is 0 Å². The summed E-state index contributed by atoms with van der Waals surface area (Å²) >= 11 is 5.91. The zero-order valence-corrected chi connectivity index (χ0v) is 7.90. The SMILES string of the molecule is CC.Cc1[nH]c(=S)sc1O. The molecule has 1 aromatic heterocycles. The predicted octanol–water partition coefficient (Wildman–Crippen LogP) is 2.85. The summed E-state index contributed by atoms with van der Waals surface area (Å²) in [5.74, 6) is 0. The molecule has 10 heavy (non-hydrogen) atoms. The van der Waals surface area contributed by atoms with Gasteiger partial charge in [0.2, 0.25) is 0 Å². The molecule has 1 rings (SSSR count). The summed E-state index contributed by atoms with van der Waals surface area (Å²) in [6.07, 6.45) is 0. The van der Waals surface area contributed by atoms with E-state index in [-0.39, 0.29) is 5.06 Å². The minimum Gasteiger partial charge on any atom is -0.498 e. The lowest BCUT2D eigenvalue weighted by atomic mass is 10.6. The first-order valence-corrected chi connectivity index (χ1v) is 4.31. The lowest BCUT2D eigenvalue weighted by Crippen LogP contribution is -1.65. The largest absolute Gasteiger partial charge is 0.498 e. The van der Waals surface area contributed by atoms with E-state index in [1.54, 1.807) is 6.92 Å². The summed E-state index contributed by atoms with van der Waals surface area (Å²) in [6.45, 7) is 5.78. The molecule has 0 amide bonds. The van der Waals surface area contributed by atoms with Crippen molar-refractivity contribution in [3.63, 3.8) is 0 Å². The first-order chi connectivity index (χ1) is 4.70. The highest BCUT2D eigenvalue weighted by Gasteiger charge is 1.94. The molecule has 0 aliphatic heterocycles. The molecule has 0 unspecified atom stereocenters. The number of nitrogens with one attached hydrogen (secondary N) is 1. The van der Waals surface area contributed by atoms with Crippen LogP contribution in [0.5, 0.6) is 5.06 Å². The topological polar surface area (TPSA) is 36.0 Å². The Balaban J connectivity index is 0.000000371. The molecule has 0 radical (unpaired) electrons. The van der Waals surface area contributed by atoms with E-state index in [1.165, 1.54) is 11.3 Å². The van der Waals surface area contributed by atoms with Crippen LogP contribution in [0.25, 0.3) is 0 Å². The second kappa shape index (κ2) is 4.46. The minimum atomic E-state index is 0.287. The zero-order chi connectivity index (χ0) is 8.15. The maximum absolute atomic E-state index is 8.86. The molecule has 0 saturated heterocycles. The Kier molecular flexibility index (Phi) is 4.31. The molecule has 1 aromatic rings. The lowest BCUT2D eigenvalue weighted by Gasteiger charge is -1.79. The number of aromatic amines is 1. The van der Waals surface area contributed by atoms with Crippen molar-refractivity contribution in [3.05, 3.63) is 9.65 Å². The Bertz CT molecular complexity index is 216. The molecule has 4 heteroatoms. The van der Waals surface area contributed by atoms with Crippen LogP contribution < -0.4 is 0 Å². The monoisotopic (exact) mass is 177 g/mol. The molecule has 0 saturated carbocycles. The highest BCUT2D eigenvalue weighted by Crippen LogP contribution is 2.20. The Morgan fingerprint density at radius 3 is 2.10 bits per heavy atom. The smallest absolute Gasteiger partial charge is 0.193 e. The van der Waals surface area contributed by atoms with Gasteiger partial charge in [0.05, 0.1) is 5.69 Å². The van der Waals surface area contributed by atoms with Crippen LogP contribution in [0.2, 0.25) is 0 Å². The van der Waals surface area contributed by atoms with Crippen molar-refractivity contribution in [1.82, 2.24) is 4.98 Å². The van der Waals surface area contributed by atoms with Gasteiger partial charge in [-0.25, -0.2) is 0 Å². The van der Waals surface area contributed by atoms with Gasteiger partial charge in [0.25, 0.3) is 0 Å². The van der Waals surface area contributed by atoms with E-state index in [2.05, 4.69) is 4.98 Å². The van der Waals surface area contributed by atoms with Crippen molar-refractivity contribution < 1.29 is 5.11 Å². The van der Waals surface area contributed by atoms with E-state index in [9.17, 15) is 0 Å². The third-order valence-electron chi connectivity index (χ3n) is 0.800. The van der Waals surface area contributed by atoms with Crippen LogP contribution >= 0.6 is 23.6 Å². The van der Waals surface area contributed by atoms with Crippen molar-refractivity contribution in [1.29, 1.82) is 0 Å². The molecule has 0 aromatic carbocycles. The third kappa shape index (κ3) is 2.49. The fraction of sp³-hybridized carbons (Fsp3) is 0.500. The van der Waals surface area contributed by atoms with Crippen LogP contribution in [-0.4, -0.2) is 10.1 Å². The maximum Gasteiger partial charge on any atom is 0.193 e. The molecule has 1 heterocycles. The minimum absolute atomic E-state index is 0.287. The van der Waals surface area contributed by atoms with Gasteiger partial charge >= 0.3 is 0 Å². The Labute approximate surface area is 69.5 Å². The zero-order valence-electron chi connectivity index (χ0n) is 6.26. The molecule has 2 nitrogen and oxygen atoms in total. The van der Waals surface area contributed by atoms with Gasteiger partial charge in [0, 0.05) is 0 Å². The summed E-state index contributed by atoms with van der Waals surface area (Å²) in [7, 11) is 0. The molecule has 0 fully saturated rings. The number of aryl methyl sites for hydroxylation is 1. The van der Waals surface area contributed by atoms with Gasteiger partial charge in [-0.3, -0.25) is 0 Å². The van der Waals surface area contributed by atoms with E-state index in [0.29, 0.717) is 3.95 Å². The van der Waals surface area contributed by atoms with Crippen LogP contribution in [-0.2, 0) is 0 Å². The lowest BCUT2D eigenvalue weighted by molar-refractivity contribution is 0.485. The fourth-order valence-electron chi connectivity index (χ4n) is 0.396. The van der Waals surface area contributed by atoms with Crippen LogP contribution in [0.1, 0.15) is 19.5 Å². The standard InChI is InChI=1S/C4H5NOS2.C2H6/c1-2-3(6)8-4(7)5-2;1-2/h6H,1H3,(H,5,7);1-2H3. The number of H-pyrrole nitrogens is 1. The van der Waals surface area contributed by atoms with Crippen molar-refractivity contribution >= 4 is 23.6 Å². The van der Waals surface area contributed by atoms with Gasteiger partial charge < -0.3 is 10.1 Å². The van der Waals surface area contributed by atoms with Crippen LogP contribution in [0, 0.1) is 10.9 Å². The Morgan fingerprint density at radius 2 is 2.00 bits per heavy atom. The second-order valence-corrected chi connectivity index (χ2v) is 3.11. The summed E-state index contributed by atoms with van der Waals surface area (Å²) < 4.78 is 0.625. The molecule has 0 spiro atoms. The van der Waals surface area contributed by atoms with E-state index in [4.69, 9.17) is 17.3 Å². The molecular weight excluding hydrogens is 166 g/mol. The Morgan fingerprint density at radius 1 is 1.50 bits per heavy atom. The second-order valence-electron chi connectivity index (χ2n) is 1.44.